The highest BCUT2D eigenvalue weighted by molar-refractivity contribution is 9.10. The minimum atomic E-state index is -0.295. The number of ketones is 1. The monoisotopic (exact) mass is 352 g/mol. The number of nitrogens with zero attached hydrogens (tertiary/aromatic N) is 2. The van der Waals surface area contributed by atoms with Crippen molar-refractivity contribution in [2.24, 2.45) is 0 Å². The highest BCUT2D eigenvalue weighted by atomic mass is 79.9. The SMILES string of the molecule is COc1cc(C(=O)c2ccc(OC)c(Br)c2OC)ncn1. The second kappa shape index (κ2) is 6.53. The number of methoxy groups -OCH3 is 3. The highest BCUT2D eigenvalue weighted by Gasteiger charge is 2.21. The van der Waals surface area contributed by atoms with Crippen LogP contribution in [0.25, 0.3) is 0 Å². The van der Waals surface area contributed by atoms with E-state index in [-0.39, 0.29) is 11.5 Å². The zero-order chi connectivity index (χ0) is 15.4. The molecule has 2 rings (SSSR count). The van der Waals surface area contributed by atoms with E-state index in [4.69, 9.17) is 14.2 Å². The number of rotatable bonds is 5. The third-order valence-corrected chi connectivity index (χ3v) is 3.57. The Morgan fingerprint density at radius 3 is 2.48 bits per heavy atom. The molecule has 21 heavy (non-hydrogen) atoms. The summed E-state index contributed by atoms with van der Waals surface area (Å²) in [6, 6.07) is 4.78. The molecule has 0 aliphatic carbocycles. The maximum Gasteiger partial charge on any atom is 0.216 e. The first-order valence-corrected chi connectivity index (χ1v) is 6.72. The van der Waals surface area contributed by atoms with Crippen LogP contribution in [0.5, 0.6) is 17.4 Å². The van der Waals surface area contributed by atoms with Gasteiger partial charge in [0.1, 0.15) is 28.0 Å². The van der Waals surface area contributed by atoms with Gasteiger partial charge in [0.15, 0.2) is 0 Å². The molecule has 110 valence electrons. The number of benzene rings is 1. The Labute approximate surface area is 130 Å². The number of hydrogen-bond donors (Lipinski definition) is 0. The molecule has 1 heterocycles. The summed E-state index contributed by atoms with van der Waals surface area (Å²) in [6.45, 7) is 0. The molecule has 7 heteroatoms. The Morgan fingerprint density at radius 2 is 1.86 bits per heavy atom. The van der Waals surface area contributed by atoms with Crippen molar-refractivity contribution in [2.75, 3.05) is 21.3 Å². The number of halogens is 1. The van der Waals surface area contributed by atoms with Gasteiger partial charge in [0, 0.05) is 6.07 Å². The van der Waals surface area contributed by atoms with Crippen molar-refractivity contribution in [1.29, 1.82) is 0 Å². The minimum absolute atomic E-state index is 0.220. The number of hydrogen-bond acceptors (Lipinski definition) is 6. The third kappa shape index (κ3) is 2.97. The second-order valence-corrected chi connectivity index (χ2v) is 4.73. The Bertz CT molecular complexity index is 676. The molecule has 0 saturated heterocycles. The first-order valence-electron chi connectivity index (χ1n) is 5.93. The van der Waals surface area contributed by atoms with E-state index in [1.165, 1.54) is 33.7 Å². The van der Waals surface area contributed by atoms with Crippen LogP contribution in [0.4, 0.5) is 0 Å². The Hall–Kier alpha value is -2.15. The van der Waals surface area contributed by atoms with E-state index in [9.17, 15) is 4.79 Å². The summed E-state index contributed by atoms with van der Waals surface area (Å²) in [7, 11) is 4.49. The van der Waals surface area contributed by atoms with Crippen LogP contribution in [0.15, 0.2) is 29.0 Å². The van der Waals surface area contributed by atoms with Crippen LogP contribution in [0.1, 0.15) is 16.1 Å². The van der Waals surface area contributed by atoms with Crippen LogP contribution in [0.2, 0.25) is 0 Å². The maximum absolute atomic E-state index is 12.6. The molecule has 0 radical (unpaired) electrons. The molecule has 0 aliphatic rings. The topological polar surface area (TPSA) is 70.5 Å². The molecule has 6 nitrogen and oxygen atoms in total. The van der Waals surface area contributed by atoms with Crippen molar-refractivity contribution in [3.63, 3.8) is 0 Å². The van der Waals surface area contributed by atoms with Crippen LogP contribution in [-0.4, -0.2) is 37.1 Å². The molecule has 2 aromatic rings. The summed E-state index contributed by atoms with van der Waals surface area (Å²) < 4.78 is 16.0. The van der Waals surface area contributed by atoms with Crippen molar-refractivity contribution >= 4 is 21.7 Å². The average molecular weight is 353 g/mol. The molecule has 0 amide bonds. The molecule has 0 unspecified atom stereocenters. The number of carbonyl (C=O) groups excluding carboxylic acids is 1. The zero-order valence-electron chi connectivity index (χ0n) is 11.7. The van der Waals surface area contributed by atoms with Crippen molar-refractivity contribution in [2.45, 2.75) is 0 Å². The summed E-state index contributed by atoms with van der Waals surface area (Å²) in [5, 5.41) is 0. The van der Waals surface area contributed by atoms with Crippen LogP contribution in [0, 0.1) is 0 Å². The Kier molecular flexibility index (Phi) is 4.74. The van der Waals surface area contributed by atoms with E-state index in [1.807, 2.05) is 0 Å². The molecule has 0 fully saturated rings. The molecule has 0 bridgehead atoms. The Morgan fingerprint density at radius 1 is 1.10 bits per heavy atom. The molecule has 0 atom stereocenters. The van der Waals surface area contributed by atoms with E-state index >= 15 is 0 Å². The second-order valence-electron chi connectivity index (χ2n) is 3.94. The van der Waals surface area contributed by atoms with Crippen molar-refractivity contribution < 1.29 is 19.0 Å². The van der Waals surface area contributed by atoms with Crippen molar-refractivity contribution in [3.8, 4) is 17.4 Å². The van der Waals surface area contributed by atoms with Gasteiger partial charge in [0.2, 0.25) is 11.7 Å². The summed E-state index contributed by atoms with van der Waals surface area (Å²) in [4.78, 5) is 20.4. The largest absolute Gasteiger partial charge is 0.495 e. The van der Waals surface area contributed by atoms with Gasteiger partial charge in [-0.05, 0) is 28.1 Å². The smallest absolute Gasteiger partial charge is 0.216 e. The lowest BCUT2D eigenvalue weighted by Crippen LogP contribution is -2.08. The fraction of sp³-hybridized carbons (Fsp3) is 0.214. The van der Waals surface area contributed by atoms with Gasteiger partial charge in [0.05, 0.1) is 26.9 Å². The van der Waals surface area contributed by atoms with Crippen LogP contribution < -0.4 is 14.2 Å². The molecule has 0 saturated carbocycles. The quantitative estimate of drug-likeness (QED) is 0.770. The van der Waals surface area contributed by atoms with Gasteiger partial charge in [-0.2, -0.15) is 0 Å². The summed E-state index contributed by atoms with van der Waals surface area (Å²) in [6.07, 6.45) is 1.27. The fourth-order valence-corrected chi connectivity index (χ4v) is 2.46. The Balaban J connectivity index is 2.50. The lowest BCUT2D eigenvalue weighted by molar-refractivity contribution is 0.103. The molecule has 1 aromatic heterocycles. The van der Waals surface area contributed by atoms with Crippen LogP contribution in [-0.2, 0) is 0 Å². The zero-order valence-corrected chi connectivity index (χ0v) is 13.3. The first-order chi connectivity index (χ1) is 10.1. The van der Waals surface area contributed by atoms with Gasteiger partial charge in [-0.15, -0.1) is 0 Å². The lowest BCUT2D eigenvalue weighted by atomic mass is 10.1. The normalized spacial score (nSPS) is 10.1. The molecule has 1 aromatic carbocycles. The van der Waals surface area contributed by atoms with E-state index in [0.717, 1.165) is 0 Å². The van der Waals surface area contributed by atoms with Gasteiger partial charge < -0.3 is 14.2 Å². The molecule has 0 spiro atoms. The predicted octanol–water partition coefficient (Wildman–Crippen LogP) is 2.50. The molecule has 0 aliphatic heterocycles. The number of ether oxygens (including phenoxy) is 3. The number of aromatic nitrogens is 2. The van der Waals surface area contributed by atoms with Gasteiger partial charge in [-0.1, -0.05) is 0 Å². The van der Waals surface area contributed by atoms with Crippen molar-refractivity contribution in [3.05, 3.63) is 40.3 Å². The van der Waals surface area contributed by atoms with Crippen LogP contribution >= 0.6 is 15.9 Å². The van der Waals surface area contributed by atoms with E-state index < -0.39 is 0 Å². The van der Waals surface area contributed by atoms with Gasteiger partial charge in [-0.3, -0.25) is 4.79 Å². The average Bonchev–Trinajstić information content (AvgIpc) is 2.53. The fourth-order valence-electron chi connectivity index (χ4n) is 1.79. The van der Waals surface area contributed by atoms with Gasteiger partial charge >= 0.3 is 0 Å². The van der Waals surface area contributed by atoms with Gasteiger partial charge in [-0.25, -0.2) is 9.97 Å². The van der Waals surface area contributed by atoms with Crippen molar-refractivity contribution in [1.82, 2.24) is 9.97 Å². The van der Waals surface area contributed by atoms with Crippen LogP contribution in [0.3, 0.4) is 0 Å². The minimum Gasteiger partial charge on any atom is -0.495 e. The molecule has 0 N–H and O–H groups in total. The standard InChI is InChI=1S/C14H13BrN2O4/c1-19-10-5-4-8(14(21-3)12(10)15)13(18)9-6-11(20-2)17-7-16-9/h4-7H,1-3H3. The summed E-state index contributed by atoms with van der Waals surface area (Å²) in [5.74, 6) is 0.983. The third-order valence-electron chi connectivity index (χ3n) is 2.81. The van der Waals surface area contributed by atoms with E-state index in [1.54, 1.807) is 12.1 Å². The van der Waals surface area contributed by atoms with E-state index in [2.05, 4.69) is 25.9 Å². The molecular weight excluding hydrogens is 340 g/mol. The molecular formula is C14H13BrN2O4. The van der Waals surface area contributed by atoms with Gasteiger partial charge in [0.25, 0.3) is 0 Å². The summed E-state index contributed by atoms with van der Waals surface area (Å²) >= 11 is 3.36. The highest BCUT2D eigenvalue weighted by Crippen LogP contribution is 2.37. The first kappa shape index (κ1) is 15.2. The van der Waals surface area contributed by atoms with E-state index in [0.29, 0.717) is 27.4 Å². The lowest BCUT2D eigenvalue weighted by Gasteiger charge is -2.12. The summed E-state index contributed by atoms with van der Waals surface area (Å²) in [5.41, 5.74) is 0.586. The number of carbonyl (C=O) groups is 1. The predicted molar refractivity (Wildman–Crippen MR) is 79.3 cm³/mol. The maximum atomic E-state index is 12.6.